The Hall–Kier alpha value is -2.93. The molecule has 0 N–H and O–H groups in total. The first-order valence-corrected chi connectivity index (χ1v) is 8.80. The maximum atomic E-state index is 5.06. The van der Waals surface area contributed by atoms with Crippen LogP contribution in [-0.2, 0) is 0 Å². The van der Waals surface area contributed by atoms with E-state index in [4.69, 9.17) is 4.99 Å². The van der Waals surface area contributed by atoms with Crippen molar-refractivity contribution < 1.29 is 0 Å². The van der Waals surface area contributed by atoms with E-state index in [-0.39, 0.29) is 6.04 Å². The van der Waals surface area contributed by atoms with Crippen molar-refractivity contribution in [2.24, 2.45) is 4.99 Å². The summed E-state index contributed by atoms with van der Waals surface area (Å²) in [5, 5.41) is 0. The molecule has 0 aliphatic carbocycles. The molecule has 0 saturated heterocycles. The second kappa shape index (κ2) is 7.31. The van der Waals surface area contributed by atoms with E-state index in [9.17, 15) is 0 Å². The molecule has 0 radical (unpaired) electrons. The van der Waals surface area contributed by atoms with Crippen molar-refractivity contribution in [1.82, 2.24) is 0 Å². The van der Waals surface area contributed by atoms with E-state index in [1.807, 2.05) is 6.07 Å². The molecule has 0 spiro atoms. The van der Waals surface area contributed by atoms with Crippen LogP contribution in [0, 0.1) is 0 Å². The van der Waals surface area contributed by atoms with Gasteiger partial charge in [0.2, 0.25) is 0 Å². The monoisotopic (exact) mass is 323 g/mol. The van der Waals surface area contributed by atoms with E-state index >= 15 is 0 Å². The Morgan fingerprint density at radius 3 is 2.00 bits per heavy atom. The first-order valence-electron chi connectivity index (χ1n) is 8.80. The molecule has 0 aromatic heterocycles. The van der Waals surface area contributed by atoms with Gasteiger partial charge < -0.3 is 0 Å². The first kappa shape index (κ1) is 15.6. The van der Waals surface area contributed by atoms with Crippen LogP contribution >= 0.6 is 0 Å². The Kier molecular flexibility index (Phi) is 4.56. The lowest BCUT2D eigenvalue weighted by Gasteiger charge is -2.15. The Balaban J connectivity index is 1.66. The predicted molar refractivity (Wildman–Crippen MR) is 106 cm³/mol. The highest BCUT2D eigenvalue weighted by molar-refractivity contribution is 6.02. The molecule has 2 atom stereocenters. The first-order chi connectivity index (χ1) is 12.4. The van der Waals surface area contributed by atoms with Gasteiger partial charge in [-0.3, -0.25) is 4.99 Å². The molecule has 4 rings (SSSR count). The molecule has 3 aromatic carbocycles. The molecule has 0 amide bonds. The van der Waals surface area contributed by atoms with Crippen molar-refractivity contribution in [1.29, 1.82) is 0 Å². The van der Waals surface area contributed by atoms with E-state index in [0.717, 1.165) is 6.42 Å². The van der Waals surface area contributed by atoms with Crippen LogP contribution in [-0.4, -0.2) is 11.8 Å². The highest BCUT2D eigenvalue weighted by Crippen LogP contribution is 2.34. The molecule has 1 aliphatic heterocycles. The lowest BCUT2D eigenvalue weighted by molar-refractivity contribution is 0.679. The molecule has 25 heavy (non-hydrogen) atoms. The number of rotatable bonds is 4. The van der Waals surface area contributed by atoms with Gasteiger partial charge in [-0.05, 0) is 23.1 Å². The number of nitrogens with zero attached hydrogens (tertiary/aromatic N) is 1. The smallest absolute Gasteiger partial charge is 0.0758 e. The lowest BCUT2D eigenvalue weighted by Crippen LogP contribution is -2.09. The zero-order valence-corrected chi connectivity index (χ0v) is 14.1. The van der Waals surface area contributed by atoms with Gasteiger partial charge in [0.15, 0.2) is 0 Å². The van der Waals surface area contributed by atoms with Gasteiger partial charge in [0.25, 0.3) is 0 Å². The van der Waals surface area contributed by atoms with E-state index in [1.165, 1.54) is 22.4 Å². The van der Waals surface area contributed by atoms with Gasteiger partial charge in [-0.15, -0.1) is 0 Å². The van der Waals surface area contributed by atoms with Gasteiger partial charge in [0.05, 0.1) is 6.04 Å². The molecule has 0 saturated carbocycles. The second-order valence-corrected chi connectivity index (χ2v) is 6.42. The Labute approximate surface area is 149 Å². The minimum absolute atomic E-state index is 0.179. The van der Waals surface area contributed by atoms with Crippen LogP contribution in [0.1, 0.15) is 29.0 Å². The van der Waals surface area contributed by atoms with Gasteiger partial charge >= 0.3 is 0 Å². The van der Waals surface area contributed by atoms with Crippen molar-refractivity contribution in [3.8, 4) is 0 Å². The lowest BCUT2D eigenvalue weighted by atomic mass is 9.88. The summed E-state index contributed by atoms with van der Waals surface area (Å²) in [5.74, 6) is 0.399. The van der Waals surface area contributed by atoms with E-state index in [2.05, 4.69) is 97.1 Å². The SMILES string of the molecule is C(=C\[C@H]1N=C(c2ccccc2)C[C@@H]1c1ccccc1)/c1ccccc1. The largest absolute Gasteiger partial charge is 0.281 e. The Morgan fingerprint density at radius 2 is 1.32 bits per heavy atom. The normalized spacial score (nSPS) is 19.9. The Bertz CT molecular complexity index is 864. The summed E-state index contributed by atoms with van der Waals surface area (Å²) in [4.78, 5) is 5.06. The highest BCUT2D eigenvalue weighted by atomic mass is 14.8. The summed E-state index contributed by atoms with van der Waals surface area (Å²) in [6.07, 6.45) is 5.43. The fraction of sp³-hybridized carbons (Fsp3) is 0.125. The van der Waals surface area contributed by atoms with Gasteiger partial charge in [-0.25, -0.2) is 0 Å². The number of aliphatic imine (C=N–C) groups is 1. The molecular weight excluding hydrogens is 302 g/mol. The van der Waals surface area contributed by atoms with Gasteiger partial charge in [-0.1, -0.05) is 103 Å². The van der Waals surface area contributed by atoms with Gasteiger partial charge in [0, 0.05) is 11.6 Å². The van der Waals surface area contributed by atoms with E-state index in [1.54, 1.807) is 0 Å². The summed E-state index contributed by atoms with van der Waals surface area (Å²) in [5.41, 5.74) is 5.02. The fourth-order valence-electron chi connectivity index (χ4n) is 3.44. The van der Waals surface area contributed by atoms with Crippen LogP contribution in [0.15, 0.2) is 102 Å². The van der Waals surface area contributed by atoms with Crippen LogP contribution in [0.5, 0.6) is 0 Å². The van der Waals surface area contributed by atoms with Crippen molar-refractivity contribution in [3.63, 3.8) is 0 Å². The second-order valence-electron chi connectivity index (χ2n) is 6.42. The molecule has 1 nitrogen and oxygen atoms in total. The molecule has 0 unspecified atom stereocenters. The topological polar surface area (TPSA) is 12.4 Å². The average Bonchev–Trinajstić information content (AvgIpc) is 3.13. The number of hydrogen-bond donors (Lipinski definition) is 0. The van der Waals surface area contributed by atoms with Crippen LogP contribution in [0.3, 0.4) is 0 Å². The van der Waals surface area contributed by atoms with Crippen LogP contribution in [0.4, 0.5) is 0 Å². The molecule has 0 bridgehead atoms. The molecule has 1 heterocycles. The average molecular weight is 323 g/mol. The zero-order valence-electron chi connectivity index (χ0n) is 14.1. The third-order valence-electron chi connectivity index (χ3n) is 4.75. The molecule has 1 aliphatic rings. The summed E-state index contributed by atoms with van der Waals surface area (Å²) in [6.45, 7) is 0. The van der Waals surface area contributed by atoms with Crippen molar-refractivity contribution in [2.45, 2.75) is 18.4 Å². The third kappa shape index (κ3) is 3.61. The predicted octanol–water partition coefficient (Wildman–Crippen LogP) is 5.75. The van der Waals surface area contributed by atoms with Gasteiger partial charge in [-0.2, -0.15) is 0 Å². The summed E-state index contributed by atoms with van der Waals surface area (Å²) < 4.78 is 0. The summed E-state index contributed by atoms with van der Waals surface area (Å²) in [6, 6.07) is 31.9. The molecule has 1 heteroatoms. The Morgan fingerprint density at radius 1 is 0.720 bits per heavy atom. The van der Waals surface area contributed by atoms with Gasteiger partial charge in [0.1, 0.15) is 0 Å². The number of benzene rings is 3. The van der Waals surface area contributed by atoms with Crippen LogP contribution < -0.4 is 0 Å². The number of hydrogen-bond acceptors (Lipinski definition) is 1. The standard InChI is InChI=1S/C24H21N/c1-4-10-19(11-5-1)16-17-23-22(20-12-6-2-7-13-20)18-24(25-23)21-14-8-3-9-15-21/h1-17,22-23H,18H2/b17-16+/t22-,23-/m1/s1. The maximum absolute atomic E-state index is 5.06. The third-order valence-corrected chi connectivity index (χ3v) is 4.75. The van der Waals surface area contributed by atoms with E-state index < -0.39 is 0 Å². The minimum Gasteiger partial charge on any atom is -0.281 e. The minimum atomic E-state index is 0.179. The molecule has 3 aromatic rings. The zero-order chi connectivity index (χ0) is 16.9. The quantitative estimate of drug-likeness (QED) is 0.580. The summed E-state index contributed by atoms with van der Waals surface area (Å²) >= 11 is 0. The van der Waals surface area contributed by atoms with Crippen molar-refractivity contribution >= 4 is 11.8 Å². The van der Waals surface area contributed by atoms with E-state index in [0.29, 0.717) is 5.92 Å². The van der Waals surface area contributed by atoms with Crippen LogP contribution in [0.2, 0.25) is 0 Å². The summed E-state index contributed by atoms with van der Waals surface area (Å²) in [7, 11) is 0. The molecule has 0 fully saturated rings. The fourth-order valence-corrected chi connectivity index (χ4v) is 3.44. The highest BCUT2D eigenvalue weighted by Gasteiger charge is 2.29. The maximum Gasteiger partial charge on any atom is 0.0758 e. The van der Waals surface area contributed by atoms with Crippen LogP contribution in [0.25, 0.3) is 6.08 Å². The molecular formula is C24H21N. The van der Waals surface area contributed by atoms with Crippen molar-refractivity contribution in [2.75, 3.05) is 0 Å². The molecule has 122 valence electrons. The van der Waals surface area contributed by atoms with Crippen molar-refractivity contribution in [3.05, 3.63) is 114 Å².